The lowest BCUT2D eigenvalue weighted by atomic mass is 10.2. The molecule has 1 amide bonds. The maximum atomic E-state index is 13.5. The number of rotatable bonds is 12. The van der Waals surface area contributed by atoms with Crippen molar-refractivity contribution in [2.45, 2.75) is 17.1 Å². The van der Waals surface area contributed by atoms with Gasteiger partial charge in [0.05, 0.1) is 17.7 Å². The van der Waals surface area contributed by atoms with Crippen LogP contribution in [0.3, 0.4) is 0 Å². The van der Waals surface area contributed by atoms with E-state index in [4.69, 9.17) is 27.9 Å². The minimum absolute atomic E-state index is 0.0623. The lowest BCUT2D eigenvalue weighted by Gasteiger charge is -2.25. The highest BCUT2D eigenvalue weighted by Crippen LogP contribution is 2.34. The molecule has 0 aliphatic heterocycles. The second-order valence-corrected chi connectivity index (χ2v) is 11.4. The number of hydrogen-bond donors (Lipinski definition) is 1. The van der Waals surface area contributed by atoms with Gasteiger partial charge in [0.15, 0.2) is 0 Å². The van der Waals surface area contributed by atoms with E-state index in [1.54, 1.807) is 42.1 Å². The van der Waals surface area contributed by atoms with E-state index in [-0.39, 0.29) is 10.6 Å². The largest absolute Gasteiger partial charge is 0.495 e. The number of nitrogens with one attached hydrogen (secondary N) is 1. The zero-order valence-corrected chi connectivity index (χ0v) is 22.3. The summed E-state index contributed by atoms with van der Waals surface area (Å²) in [5, 5.41) is 3.85. The fourth-order valence-corrected chi connectivity index (χ4v) is 6.01. The number of anilines is 1. The molecule has 0 bridgehead atoms. The number of halogens is 2. The van der Waals surface area contributed by atoms with Gasteiger partial charge in [0.1, 0.15) is 12.3 Å². The number of thioether (sulfide) groups is 1. The first kappa shape index (κ1) is 27.2. The van der Waals surface area contributed by atoms with Crippen LogP contribution in [0.25, 0.3) is 0 Å². The van der Waals surface area contributed by atoms with Crippen molar-refractivity contribution in [1.82, 2.24) is 5.32 Å². The van der Waals surface area contributed by atoms with E-state index in [1.165, 1.54) is 25.3 Å². The monoisotopic (exact) mass is 552 g/mol. The van der Waals surface area contributed by atoms with E-state index < -0.39 is 22.5 Å². The topological polar surface area (TPSA) is 75.7 Å². The lowest BCUT2D eigenvalue weighted by molar-refractivity contribution is -0.119. The van der Waals surface area contributed by atoms with E-state index in [0.717, 1.165) is 27.8 Å². The van der Waals surface area contributed by atoms with Crippen LogP contribution < -0.4 is 14.4 Å². The summed E-state index contributed by atoms with van der Waals surface area (Å²) in [4.78, 5) is 12.8. The summed E-state index contributed by atoms with van der Waals surface area (Å²) in [6, 6.07) is 20.3. The molecule has 35 heavy (non-hydrogen) atoms. The Morgan fingerprint density at radius 3 is 2.46 bits per heavy atom. The van der Waals surface area contributed by atoms with Gasteiger partial charge in [0.2, 0.25) is 5.91 Å². The number of sulfonamides is 1. The van der Waals surface area contributed by atoms with E-state index >= 15 is 0 Å². The van der Waals surface area contributed by atoms with Gasteiger partial charge in [0.25, 0.3) is 10.0 Å². The van der Waals surface area contributed by atoms with Crippen LogP contribution in [-0.2, 0) is 20.6 Å². The number of ether oxygens (including phenoxy) is 1. The molecule has 3 aromatic carbocycles. The number of nitrogens with zero attached hydrogens (tertiary/aromatic N) is 1. The zero-order valence-electron chi connectivity index (χ0n) is 19.1. The third-order valence-electron chi connectivity index (χ3n) is 4.97. The highest BCUT2D eigenvalue weighted by molar-refractivity contribution is 7.98. The van der Waals surface area contributed by atoms with Gasteiger partial charge < -0.3 is 10.1 Å². The average Bonchev–Trinajstić information content (AvgIpc) is 2.85. The van der Waals surface area contributed by atoms with Crippen molar-refractivity contribution in [3.05, 3.63) is 88.4 Å². The molecule has 186 valence electrons. The van der Waals surface area contributed by atoms with Gasteiger partial charge >= 0.3 is 0 Å². The van der Waals surface area contributed by atoms with Crippen LogP contribution >= 0.6 is 35.0 Å². The molecule has 0 heterocycles. The minimum Gasteiger partial charge on any atom is -0.495 e. The molecule has 0 radical (unpaired) electrons. The fourth-order valence-electron chi connectivity index (χ4n) is 3.28. The van der Waals surface area contributed by atoms with Gasteiger partial charge in [0, 0.05) is 22.3 Å². The molecule has 0 atom stereocenters. The Labute approximate surface area is 220 Å². The second kappa shape index (κ2) is 13.1. The van der Waals surface area contributed by atoms with Crippen molar-refractivity contribution in [1.29, 1.82) is 0 Å². The molecule has 0 aromatic heterocycles. The Balaban J connectivity index is 1.64. The predicted molar refractivity (Wildman–Crippen MR) is 144 cm³/mol. The molecular weight excluding hydrogens is 527 g/mol. The van der Waals surface area contributed by atoms with Crippen molar-refractivity contribution >= 4 is 56.6 Å². The first-order valence-corrected chi connectivity index (χ1v) is 14.2. The molecule has 0 unspecified atom stereocenters. The summed E-state index contributed by atoms with van der Waals surface area (Å²) < 4.78 is 33.3. The van der Waals surface area contributed by atoms with Gasteiger partial charge in [-0.1, -0.05) is 53.5 Å². The molecule has 0 aliphatic carbocycles. The molecule has 1 N–H and O–H groups in total. The average molecular weight is 554 g/mol. The summed E-state index contributed by atoms with van der Waals surface area (Å²) in [7, 11) is -2.62. The van der Waals surface area contributed by atoms with Crippen molar-refractivity contribution in [3.63, 3.8) is 0 Å². The standard InChI is InChI=1S/C25H26Cl2N2O4S2/c1-33-24-12-11-21(27)16-23(24)29(35(31,32)22-9-3-2-4-10-22)17-25(30)28-13-6-14-34-18-19-7-5-8-20(26)15-19/h2-5,7-12,15-16H,6,13-14,17-18H2,1H3,(H,28,30). The van der Waals surface area contributed by atoms with E-state index in [9.17, 15) is 13.2 Å². The van der Waals surface area contributed by atoms with Crippen molar-refractivity contribution < 1.29 is 17.9 Å². The maximum absolute atomic E-state index is 13.5. The van der Waals surface area contributed by atoms with Gasteiger partial charge in [-0.15, -0.1) is 0 Å². The quantitative estimate of drug-likeness (QED) is 0.294. The molecule has 3 aromatic rings. The molecule has 0 saturated carbocycles. The molecule has 0 spiro atoms. The number of carbonyl (C=O) groups excluding carboxylic acids is 1. The van der Waals surface area contributed by atoms with Gasteiger partial charge in [-0.25, -0.2) is 8.42 Å². The number of benzene rings is 3. The summed E-state index contributed by atoms with van der Waals surface area (Å²) in [5.74, 6) is 1.53. The Hall–Kier alpha value is -2.39. The van der Waals surface area contributed by atoms with Crippen molar-refractivity contribution in [2.75, 3.05) is 30.3 Å². The molecule has 10 heteroatoms. The number of hydrogen-bond acceptors (Lipinski definition) is 5. The molecule has 0 aliphatic rings. The number of amides is 1. The highest BCUT2D eigenvalue weighted by atomic mass is 35.5. The summed E-state index contributed by atoms with van der Waals surface area (Å²) in [6.45, 7) is 0.0108. The third kappa shape index (κ3) is 7.80. The molecule has 0 saturated heterocycles. The first-order chi connectivity index (χ1) is 16.8. The van der Waals surface area contributed by atoms with E-state index in [2.05, 4.69) is 5.32 Å². The van der Waals surface area contributed by atoms with Crippen LogP contribution in [0.5, 0.6) is 5.75 Å². The zero-order chi connectivity index (χ0) is 25.3. The van der Waals surface area contributed by atoms with Crippen LogP contribution in [0.1, 0.15) is 12.0 Å². The predicted octanol–water partition coefficient (Wildman–Crippen LogP) is 5.64. The number of carbonyl (C=O) groups is 1. The summed E-state index contributed by atoms with van der Waals surface area (Å²) >= 11 is 13.9. The number of methoxy groups -OCH3 is 1. The third-order valence-corrected chi connectivity index (χ3v) is 8.33. The smallest absolute Gasteiger partial charge is 0.264 e. The normalized spacial score (nSPS) is 11.2. The Kier molecular flexibility index (Phi) is 10.2. The Bertz CT molecular complexity index is 1240. The van der Waals surface area contributed by atoms with Crippen LogP contribution in [-0.4, -0.2) is 40.3 Å². The van der Waals surface area contributed by atoms with Gasteiger partial charge in [-0.2, -0.15) is 11.8 Å². The van der Waals surface area contributed by atoms with Crippen LogP contribution in [0.4, 0.5) is 5.69 Å². The lowest BCUT2D eigenvalue weighted by Crippen LogP contribution is -2.41. The summed E-state index contributed by atoms with van der Waals surface area (Å²) in [5.41, 5.74) is 1.33. The minimum atomic E-state index is -4.05. The van der Waals surface area contributed by atoms with Crippen LogP contribution in [0, 0.1) is 0 Å². The summed E-state index contributed by atoms with van der Waals surface area (Å²) in [6.07, 6.45) is 0.739. The SMILES string of the molecule is COc1ccc(Cl)cc1N(CC(=O)NCCCSCc1cccc(Cl)c1)S(=O)(=O)c1ccccc1. The molecule has 0 fully saturated rings. The van der Waals surface area contributed by atoms with Crippen LogP contribution in [0.2, 0.25) is 10.0 Å². The van der Waals surface area contributed by atoms with Crippen molar-refractivity contribution in [3.8, 4) is 5.75 Å². The first-order valence-electron chi connectivity index (χ1n) is 10.8. The Morgan fingerprint density at radius 1 is 1.00 bits per heavy atom. The van der Waals surface area contributed by atoms with E-state index in [1.807, 2.05) is 24.3 Å². The van der Waals surface area contributed by atoms with E-state index in [0.29, 0.717) is 22.3 Å². The van der Waals surface area contributed by atoms with Crippen molar-refractivity contribution in [2.24, 2.45) is 0 Å². The van der Waals surface area contributed by atoms with Gasteiger partial charge in [-0.05, 0) is 60.2 Å². The molecule has 3 rings (SSSR count). The second-order valence-electron chi connectivity index (χ2n) is 7.53. The van der Waals surface area contributed by atoms with Crippen LogP contribution in [0.15, 0.2) is 77.7 Å². The molecular formula is C25H26Cl2N2O4S2. The fraction of sp³-hybridized carbons (Fsp3) is 0.240. The van der Waals surface area contributed by atoms with Gasteiger partial charge in [-0.3, -0.25) is 9.10 Å². The Morgan fingerprint density at radius 2 is 1.74 bits per heavy atom. The maximum Gasteiger partial charge on any atom is 0.264 e. The molecule has 6 nitrogen and oxygen atoms in total. The highest BCUT2D eigenvalue weighted by Gasteiger charge is 2.29.